The first kappa shape index (κ1) is 14.7. The Labute approximate surface area is 122 Å². The molecular formula is C16H16NO4+. The first-order valence-electron chi connectivity index (χ1n) is 6.38. The molecule has 0 bridgehead atoms. The highest BCUT2D eigenvalue weighted by molar-refractivity contribution is 5.94. The fourth-order valence-corrected chi connectivity index (χ4v) is 1.98. The molecule has 0 unspecified atom stereocenters. The Morgan fingerprint density at radius 1 is 0.952 bits per heavy atom. The summed E-state index contributed by atoms with van der Waals surface area (Å²) in [6, 6.07) is 11.2. The molecule has 1 aromatic carbocycles. The number of rotatable bonds is 4. The second kappa shape index (κ2) is 6.65. The summed E-state index contributed by atoms with van der Waals surface area (Å²) < 4.78 is 11.2. The molecule has 0 aliphatic heterocycles. The molecule has 2 aromatic rings. The Morgan fingerprint density at radius 2 is 1.48 bits per heavy atom. The van der Waals surface area contributed by atoms with E-state index in [0.717, 1.165) is 5.56 Å². The van der Waals surface area contributed by atoms with Crippen LogP contribution < -0.4 is 4.57 Å². The lowest BCUT2D eigenvalue weighted by molar-refractivity contribution is -0.688. The van der Waals surface area contributed by atoms with Crippen molar-refractivity contribution >= 4 is 11.9 Å². The van der Waals surface area contributed by atoms with Gasteiger partial charge in [0.05, 0.1) is 14.2 Å². The van der Waals surface area contributed by atoms with Gasteiger partial charge < -0.3 is 9.47 Å². The molecule has 1 aromatic heterocycles. The average Bonchev–Trinajstić information content (AvgIpc) is 2.53. The van der Waals surface area contributed by atoms with Gasteiger partial charge in [-0.05, 0) is 6.07 Å². The van der Waals surface area contributed by atoms with Crippen LogP contribution in [0.15, 0.2) is 48.8 Å². The fraction of sp³-hybridized carbons (Fsp3) is 0.188. The number of benzene rings is 1. The number of methoxy groups -OCH3 is 2. The van der Waals surface area contributed by atoms with E-state index >= 15 is 0 Å². The number of ether oxygens (including phenoxy) is 2. The monoisotopic (exact) mass is 286 g/mol. The van der Waals surface area contributed by atoms with E-state index in [1.807, 2.05) is 30.3 Å². The molecule has 0 atom stereocenters. The predicted octanol–water partition coefficient (Wildman–Crippen LogP) is 1.60. The van der Waals surface area contributed by atoms with Crippen molar-refractivity contribution in [2.24, 2.45) is 0 Å². The van der Waals surface area contributed by atoms with Crippen molar-refractivity contribution in [3.8, 4) is 0 Å². The quantitative estimate of drug-likeness (QED) is 0.633. The van der Waals surface area contributed by atoms with Gasteiger partial charge in [0.1, 0.15) is 11.1 Å². The van der Waals surface area contributed by atoms with Gasteiger partial charge in [-0.25, -0.2) is 9.59 Å². The maximum atomic E-state index is 11.7. The highest BCUT2D eigenvalue weighted by Crippen LogP contribution is 2.06. The third-order valence-corrected chi connectivity index (χ3v) is 2.97. The van der Waals surface area contributed by atoms with Crippen molar-refractivity contribution in [1.82, 2.24) is 0 Å². The maximum Gasteiger partial charge on any atom is 0.343 e. The number of pyridine rings is 1. The van der Waals surface area contributed by atoms with Gasteiger partial charge in [0.15, 0.2) is 18.9 Å². The van der Waals surface area contributed by atoms with E-state index in [4.69, 9.17) is 9.47 Å². The van der Waals surface area contributed by atoms with Gasteiger partial charge >= 0.3 is 11.9 Å². The average molecular weight is 286 g/mol. The summed E-state index contributed by atoms with van der Waals surface area (Å²) in [5, 5.41) is 0. The van der Waals surface area contributed by atoms with E-state index in [1.54, 1.807) is 17.0 Å². The summed E-state index contributed by atoms with van der Waals surface area (Å²) >= 11 is 0. The molecule has 0 saturated heterocycles. The molecule has 0 aliphatic carbocycles. The van der Waals surface area contributed by atoms with Crippen molar-refractivity contribution < 1.29 is 23.6 Å². The van der Waals surface area contributed by atoms with Crippen LogP contribution >= 0.6 is 0 Å². The maximum absolute atomic E-state index is 11.7. The largest absolute Gasteiger partial charge is 0.465 e. The summed E-state index contributed by atoms with van der Waals surface area (Å²) in [5.41, 5.74) is 1.66. The van der Waals surface area contributed by atoms with Crippen LogP contribution in [-0.4, -0.2) is 26.2 Å². The normalized spacial score (nSPS) is 10.0. The second-order valence-electron chi connectivity index (χ2n) is 4.45. The van der Waals surface area contributed by atoms with Crippen LogP contribution in [0.4, 0.5) is 0 Å². The lowest BCUT2D eigenvalue weighted by Gasteiger charge is -2.04. The molecule has 2 rings (SSSR count). The van der Waals surface area contributed by atoms with E-state index in [9.17, 15) is 9.59 Å². The number of nitrogens with zero attached hydrogens (tertiary/aromatic N) is 1. The van der Waals surface area contributed by atoms with Crippen molar-refractivity contribution in [1.29, 1.82) is 0 Å². The van der Waals surface area contributed by atoms with Crippen LogP contribution in [0, 0.1) is 0 Å². The zero-order valence-corrected chi connectivity index (χ0v) is 11.9. The van der Waals surface area contributed by atoms with Crippen LogP contribution in [0.3, 0.4) is 0 Å². The van der Waals surface area contributed by atoms with Crippen molar-refractivity contribution in [2.75, 3.05) is 14.2 Å². The van der Waals surface area contributed by atoms with Crippen LogP contribution in [0.5, 0.6) is 0 Å². The summed E-state index contributed by atoms with van der Waals surface area (Å²) in [5.74, 6) is -0.995. The smallest absolute Gasteiger partial charge is 0.343 e. The zero-order valence-electron chi connectivity index (χ0n) is 11.9. The molecule has 0 N–H and O–H groups in total. The minimum absolute atomic E-state index is 0.302. The summed E-state index contributed by atoms with van der Waals surface area (Å²) in [6.45, 7) is 0.537. The summed E-state index contributed by atoms with van der Waals surface area (Å²) in [7, 11) is 2.60. The first-order chi connectivity index (χ1) is 10.1. The van der Waals surface area contributed by atoms with Crippen molar-refractivity contribution in [3.05, 3.63) is 65.5 Å². The standard InChI is InChI=1S/C16H16NO4/c1-20-15(18)13-8-14(16(19)21-2)11-17(10-13)9-12-6-4-3-5-7-12/h3-8,10-11H,9H2,1-2H3/q+1. The lowest BCUT2D eigenvalue weighted by Crippen LogP contribution is -2.36. The Kier molecular flexibility index (Phi) is 4.66. The number of carbonyl (C=O) groups is 2. The van der Waals surface area contributed by atoms with Crippen molar-refractivity contribution in [2.45, 2.75) is 6.54 Å². The van der Waals surface area contributed by atoms with Crippen LogP contribution in [-0.2, 0) is 16.0 Å². The van der Waals surface area contributed by atoms with Crippen LogP contribution in [0.1, 0.15) is 26.3 Å². The molecule has 5 nitrogen and oxygen atoms in total. The summed E-state index contributed by atoms with van der Waals surface area (Å²) in [4.78, 5) is 23.4. The first-order valence-corrected chi connectivity index (χ1v) is 6.38. The SMILES string of the molecule is COC(=O)c1cc(C(=O)OC)c[n+](Cc2ccccc2)c1. The number of hydrogen-bond acceptors (Lipinski definition) is 4. The minimum atomic E-state index is -0.498. The van der Waals surface area contributed by atoms with Gasteiger partial charge in [-0.15, -0.1) is 0 Å². The molecular weight excluding hydrogens is 270 g/mol. The highest BCUT2D eigenvalue weighted by Gasteiger charge is 2.18. The molecule has 0 amide bonds. The lowest BCUT2D eigenvalue weighted by atomic mass is 10.1. The molecule has 0 fully saturated rings. The van der Waals surface area contributed by atoms with Gasteiger partial charge in [0.25, 0.3) is 0 Å². The molecule has 0 saturated carbocycles. The Bertz CT molecular complexity index is 618. The molecule has 5 heteroatoms. The molecule has 108 valence electrons. The van der Waals surface area contributed by atoms with E-state index in [0.29, 0.717) is 17.7 Å². The van der Waals surface area contributed by atoms with E-state index in [-0.39, 0.29) is 0 Å². The topological polar surface area (TPSA) is 56.5 Å². The van der Waals surface area contributed by atoms with Gasteiger partial charge in [0, 0.05) is 5.56 Å². The van der Waals surface area contributed by atoms with Gasteiger partial charge in [-0.3, -0.25) is 0 Å². The summed E-state index contributed by atoms with van der Waals surface area (Å²) in [6.07, 6.45) is 3.29. The zero-order chi connectivity index (χ0) is 15.2. The van der Waals surface area contributed by atoms with Gasteiger partial charge in [-0.1, -0.05) is 30.3 Å². The molecule has 0 aliphatic rings. The van der Waals surface area contributed by atoms with Crippen molar-refractivity contribution in [3.63, 3.8) is 0 Å². The number of esters is 2. The predicted molar refractivity (Wildman–Crippen MR) is 74.9 cm³/mol. The molecule has 0 radical (unpaired) electrons. The third kappa shape index (κ3) is 3.66. The van der Waals surface area contributed by atoms with E-state index < -0.39 is 11.9 Å². The fourth-order valence-electron chi connectivity index (χ4n) is 1.98. The number of hydrogen-bond donors (Lipinski definition) is 0. The van der Waals surface area contributed by atoms with Gasteiger partial charge in [0.2, 0.25) is 0 Å². The van der Waals surface area contributed by atoms with E-state index in [2.05, 4.69) is 0 Å². The number of carbonyl (C=O) groups excluding carboxylic acids is 2. The van der Waals surface area contributed by atoms with Crippen LogP contribution in [0.2, 0.25) is 0 Å². The minimum Gasteiger partial charge on any atom is -0.465 e. The number of aromatic nitrogens is 1. The molecule has 21 heavy (non-hydrogen) atoms. The Balaban J connectivity index is 2.39. The van der Waals surface area contributed by atoms with Gasteiger partial charge in [-0.2, -0.15) is 4.57 Å². The van der Waals surface area contributed by atoms with E-state index in [1.165, 1.54) is 20.3 Å². The Hall–Kier alpha value is -2.69. The highest BCUT2D eigenvalue weighted by atomic mass is 16.5. The molecule has 1 heterocycles. The molecule has 0 spiro atoms. The third-order valence-electron chi connectivity index (χ3n) is 2.97. The van der Waals surface area contributed by atoms with Crippen LogP contribution in [0.25, 0.3) is 0 Å². The second-order valence-corrected chi connectivity index (χ2v) is 4.45. The Morgan fingerprint density at radius 3 is 1.95 bits per heavy atom.